The SMILES string of the molecule is CN(C)c1ccc([C@@H](C(=O)NC2CCCCC2)N(C(=O)c2snc(C(N)=O)c2N)c2ccccc2F)cc1. The van der Waals surface area contributed by atoms with Gasteiger partial charge in [-0.15, -0.1) is 0 Å². The molecule has 0 saturated heterocycles. The van der Waals surface area contributed by atoms with Gasteiger partial charge in [0.2, 0.25) is 5.91 Å². The Morgan fingerprint density at radius 2 is 1.71 bits per heavy atom. The molecule has 4 rings (SSSR count). The summed E-state index contributed by atoms with van der Waals surface area (Å²) in [7, 11) is 3.78. The Morgan fingerprint density at radius 1 is 1.05 bits per heavy atom. The first-order valence-corrected chi connectivity index (χ1v) is 13.2. The Bertz CT molecular complexity index is 1320. The number of amides is 3. The van der Waals surface area contributed by atoms with Crippen LogP contribution in [0.2, 0.25) is 0 Å². The van der Waals surface area contributed by atoms with Crippen molar-refractivity contribution in [3.63, 3.8) is 0 Å². The average Bonchev–Trinajstić information content (AvgIpc) is 3.29. The Balaban J connectivity index is 1.86. The zero-order valence-electron chi connectivity index (χ0n) is 21.3. The molecule has 9 nitrogen and oxygen atoms in total. The van der Waals surface area contributed by atoms with E-state index in [-0.39, 0.29) is 28.0 Å². The van der Waals surface area contributed by atoms with E-state index in [1.54, 1.807) is 18.2 Å². The fourth-order valence-corrected chi connectivity index (χ4v) is 5.39. The number of benzene rings is 2. The monoisotopic (exact) mass is 538 g/mol. The molecule has 1 aliphatic carbocycles. The van der Waals surface area contributed by atoms with E-state index in [0.717, 1.165) is 42.7 Å². The molecule has 1 fully saturated rings. The molecule has 3 aromatic rings. The van der Waals surface area contributed by atoms with Crippen molar-refractivity contribution in [2.45, 2.75) is 44.2 Å². The summed E-state index contributed by atoms with van der Waals surface area (Å²) in [5.74, 6) is -2.79. The van der Waals surface area contributed by atoms with Crippen LogP contribution in [0.1, 0.15) is 63.9 Å². The highest BCUT2D eigenvalue weighted by atomic mass is 32.1. The molecule has 1 aromatic heterocycles. The Hall–Kier alpha value is -3.99. The molecule has 1 atom stereocenters. The van der Waals surface area contributed by atoms with Crippen molar-refractivity contribution in [2.75, 3.05) is 29.6 Å². The Morgan fingerprint density at radius 3 is 2.29 bits per heavy atom. The second kappa shape index (κ2) is 11.6. The van der Waals surface area contributed by atoms with Gasteiger partial charge in [0.05, 0.1) is 11.4 Å². The normalized spacial score (nSPS) is 14.5. The van der Waals surface area contributed by atoms with Gasteiger partial charge in [-0.05, 0) is 54.2 Å². The minimum Gasteiger partial charge on any atom is -0.395 e. The van der Waals surface area contributed by atoms with Gasteiger partial charge in [-0.25, -0.2) is 4.39 Å². The molecule has 0 aliphatic heterocycles. The number of carbonyl (C=O) groups is 3. The number of anilines is 3. The number of aromatic nitrogens is 1. The largest absolute Gasteiger partial charge is 0.395 e. The summed E-state index contributed by atoms with van der Waals surface area (Å²) in [6.45, 7) is 0. The number of nitrogens with one attached hydrogen (secondary N) is 1. The number of para-hydroxylation sites is 1. The number of hydrogen-bond acceptors (Lipinski definition) is 7. The summed E-state index contributed by atoms with van der Waals surface area (Å²) < 4.78 is 19.2. The molecular weight excluding hydrogens is 507 g/mol. The molecule has 1 saturated carbocycles. The summed E-state index contributed by atoms with van der Waals surface area (Å²) in [4.78, 5) is 42.6. The zero-order chi connectivity index (χ0) is 27.4. The van der Waals surface area contributed by atoms with E-state index in [4.69, 9.17) is 11.5 Å². The van der Waals surface area contributed by atoms with E-state index >= 15 is 4.39 Å². The second-order valence-corrected chi connectivity index (χ2v) is 10.3. The van der Waals surface area contributed by atoms with E-state index in [0.29, 0.717) is 17.1 Å². The molecule has 1 aliphatic rings. The van der Waals surface area contributed by atoms with Crippen LogP contribution in [-0.2, 0) is 4.79 Å². The summed E-state index contributed by atoms with van der Waals surface area (Å²) >= 11 is 0.680. The topological polar surface area (TPSA) is 135 Å². The first kappa shape index (κ1) is 27.1. The third kappa shape index (κ3) is 5.62. The van der Waals surface area contributed by atoms with Crippen LogP contribution in [-0.4, -0.2) is 42.2 Å². The molecule has 5 N–H and O–H groups in total. The van der Waals surface area contributed by atoms with Crippen LogP contribution >= 0.6 is 11.5 Å². The van der Waals surface area contributed by atoms with Crippen LogP contribution < -0.4 is 26.6 Å². The lowest BCUT2D eigenvalue weighted by molar-refractivity contribution is -0.123. The molecule has 1 heterocycles. The first-order chi connectivity index (χ1) is 18.2. The summed E-state index contributed by atoms with van der Waals surface area (Å²) in [6, 6.07) is 11.6. The highest BCUT2D eigenvalue weighted by molar-refractivity contribution is 7.09. The fourth-order valence-electron chi connectivity index (χ4n) is 4.65. The van der Waals surface area contributed by atoms with Crippen LogP contribution in [0.4, 0.5) is 21.5 Å². The van der Waals surface area contributed by atoms with Gasteiger partial charge in [0.25, 0.3) is 11.8 Å². The highest BCUT2D eigenvalue weighted by Gasteiger charge is 2.38. The quantitative estimate of drug-likeness (QED) is 0.399. The van der Waals surface area contributed by atoms with Crippen LogP contribution in [0.3, 0.4) is 0 Å². The van der Waals surface area contributed by atoms with E-state index in [1.165, 1.54) is 18.2 Å². The Kier molecular flexibility index (Phi) is 8.26. The van der Waals surface area contributed by atoms with Gasteiger partial charge in [0, 0.05) is 25.8 Å². The van der Waals surface area contributed by atoms with Gasteiger partial charge >= 0.3 is 0 Å². The predicted octanol–water partition coefficient (Wildman–Crippen LogP) is 3.87. The average molecular weight is 539 g/mol. The van der Waals surface area contributed by atoms with Crippen molar-refractivity contribution in [1.82, 2.24) is 9.69 Å². The number of nitrogens with two attached hydrogens (primary N) is 2. The number of nitrogens with zero attached hydrogens (tertiary/aromatic N) is 3. The highest BCUT2D eigenvalue weighted by Crippen LogP contribution is 2.35. The number of carbonyl (C=O) groups excluding carboxylic acids is 3. The first-order valence-electron chi connectivity index (χ1n) is 12.4. The van der Waals surface area contributed by atoms with Crippen molar-refractivity contribution in [3.8, 4) is 0 Å². The van der Waals surface area contributed by atoms with E-state index in [1.807, 2.05) is 31.1 Å². The minimum atomic E-state index is -1.23. The molecule has 11 heteroatoms. The van der Waals surface area contributed by atoms with Gasteiger partial charge in [-0.3, -0.25) is 19.3 Å². The van der Waals surface area contributed by atoms with Crippen LogP contribution in [0.5, 0.6) is 0 Å². The molecule has 0 unspecified atom stereocenters. The standard InChI is InChI=1S/C27H31FN6O3S/c1-33(2)18-14-12-16(13-15-18)23(26(36)31-17-8-4-3-5-9-17)34(20-11-7-6-10-19(20)28)27(37)24-21(29)22(25(30)35)32-38-24/h6-7,10-15,17,23H,3-5,8-9,29H2,1-2H3,(H2,30,35)(H,31,36)/t23-/m0/s1. The van der Waals surface area contributed by atoms with Gasteiger partial charge < -0.3 is 21.7 Å². The van der Waals surface area contributed by atoms with Gasteiger partial charge in [0.15, 0.2) is 5.69 Å². The molecule has 38 heavy (non-hydrogen) atoms. The van der Waals surface area contributed by atoms with Gasteiger partial charge in [-0.1, -0.05) is 43.5 Å². The van der Waals surface area contributed by atoms with Crippen LogP contribution in [0.15, 0.2) is 48.5 Å². The molecular formula is C27H31FN6O3S. The number of nitrogen functional groups attached to an aromatic ring is 1. The molecule has 2 aromatic carbocycles. The summed E-state index contributed by atoms with van der Waals surface area (Å²) in [5, 5.41) is 3.09. The lowest BCUT2D eigenvalue weighted by atomic mass is 9.94. The molecule has 0 spiro atoms. The van der Waals surface area contributed by atoms with E-state index in [2.05, 4.69) is 9.69 Å². The van der Waals surface area contributed by atoms with Crippen LogP contribution in [0.25, 0.3) is 0 Å². The second-order valence-electron chi connectivity index (χ2n) is 9.50. The lowest BCUT2D eigenvalue weighted by Gasteiger charge is -2.33. The van der Waals surface area contributed by atoms with Crippen molar-refractivity contribution in [3.05, 3.63) is 70.5 Å². The number of rotatable bonds is 8. The van der Waals surface area contributed by atoms with E-state index < -0.39 is 29.6 Å². The maximum Gasteiger partial charge on any atom is 0.273 e. The van der Waals surface area contributed by atoms with Crippen LogP contribution in [0, 0.1) is 5.82 Å². The maximum atomic E-state index is 15.3. The number of hydrogen-bond donors (Lipinski definition) is 3. The number of primary amides is 1. The molecule has 200 valence electrons. The third-order valence-electron chi connectivity index (χ3n) is 6.67. The fraction of sp³-hybridized carbons (Fsp3) is 0.333. The minimum absolute atomic E-state index is 0.0488. The molecule has 0 bridgehead atoms. The van der Waals surface area contributed by atoms with Crippen molar-refractivity contribution >= 4 is 46.3 Å². The maximum absolute atomic E-state index is 15.3. The van der Waals surface area contributed by atoms with Crippen molar-refractivity contribution in [2.24, 2.45) is 5.73 Å². The predicted molar refractivity (Wildman–Crippen MR) is 147 cm³/mol. The molecule has 3 amide bonds. The van der Waals surface area contributed by atoms with Gasteiger partial charge in [-0.2, -0.15) is 4.37 Å². The summed E-state index contributed by atoms with van der Waals surface area (Å²) in [6.07, 6.45) is 4.76. The van der Waals surface area contributed by atoms with Gasteiger partial charge in [0.1, 0.15) is 16.7 Å². The Labute approximate surface area is 224 Å². The van der Waals surface area contributed by atoms with E-state index in [9.17, 15) is 14.4 Å². The molecule has 0 radical (unpaired) electrons. The number of halogens is 1. The smallest absolute Gasteiger partial charge is 0.273 e. The van der Waals surface area contributed by atoms with Crippen molar-refractivity contribution in [1.29, 1.82) is 0 Å². The summed E-state index contributed by atoms with van der Waals surface area (Å²) in [5.41, 5.74) is 12.2. The third-order valence-corrected chi connectivity index (χ3v) is 7.52. The lowest BCUT2D eigenvalue weighted by Crippen LogP contribution is -2.47. The van der Waals surface area contributed by atoms with Crippen molar-refractivity contribution < 1.29 is 18.8 Å². The zero-order valence-corrected chi connectivity index (χ0v) is 22.1.